The summed E-state index contributed by atoms with van der Waals surface area (Å²) in [6.07, 6.45) is 2.86. The maximum atomic E-state index is 12.7. The summed E-state index contributed by atoms with van der Waals surface area (Å²) in [5.41, 5.74) is 1.16. The molecule has 1 aromatic rings. The van der Waals surface area contributed by atoms with E-state index in [2.05, 4.69) is 5.32 Å². The number of sulfonamides is 1. The first-order valence-electron chi connectivity index (χ1n) is 8.46. The Morgan fingerprint density at radius 3 is 2.27 bits per heavy atom. The van der Waals surface area contributed by atoms with E-state index in [0.717, 1.165) is 5.57 Å². The standard InChI is InChI=1S/C18H24N2O5S/c1-13(2)7-10-19-17(21)14-8-11-20(12-9-14)26(24,25)16-5-3-15(4-6-16)18(22)23/h3-7,14H,8-12H2,1-2H3,(H,19,21)(H,22,23). The van der Waals surface area contributed by atoms with Gasteiger partial charge >= 0.3 is 5.97 Å². The highest BCUT2D eigenvalue weighted by Crippen LogP contribution is 2.24. The van der Waals surface area contributed by atoms with Crippen LogP contribution in [-0.4, -0.2) is 49.3 Å². The first-order chi connectivity index (χ1) is 12.2. The SMILES string of the molecule is CC(C)=CCNC(=O)C1CCN(S(=O)(=O)c2ccc(C(=O)O)cc2)CC1. The molecule has 2 N–H and O–H groups in total. The van der Waals surface area contributed by atoms with E-state index in [1.165, 1.54) is 28.6 Å². The van der Waals surface area contributed by atoms with Gasteiger partial charge in [-0.25, -0.2) is 13.2 Å². The Morgan fingerprint density at radius 2 is 1.77 bits per heavy atom. The summed E-state index contributed by atoms with van der Waals surface area (Å²) in [6, 6.07) is 5.16. The van der Waals surface area contributed by atoms with Crippen molar-refractivity contribution in [3.05, 3.63) is 41.5 Å². The molecule has 2 rings (SSSR count). The number of carboxylic acid groups (broad SMARTS) is 1. The van der Waals surface area contributed by atoms with Crippen molar-refractivity contribution >= 4 is 21.9 Å². The average Bonchev–Trinajstić information content (AvgIpc) is 2.61. The number of nitrogens with zero attached hydrogens (tertiary/aromatic N) is 1. The van der Waals surface area contributed by atoms with Crippen molar-refractivity contribution in [1.82, 2.24) is 9.62 Å². The van der Waals surface area contributed by atoms with Gasteiger partial charge in [0.1, 0.15) is 0 Å². The lowest BCUT2D eigenvalue weighted by molar-refractivity contribution is -0.125. The van der Waals surface area contributed by atoms with Crippen molar-refractivity contribution in [2.45, 2.75) is 31.6 Å². The van der Waals surface area contributed by atoms with Gasteiger partial charge in [-0.3, -0.25) is 4.79 Å². The maximum absolute atomic E-state index is 12.7. The van der Waals surface area contributed by atoms with Gasteiger partial charge in [0.15, 0.2) is 0 Å². The summed E-state index contributed by atoms with van der Waals surface area (Å²) < 4.78 is 26.7. The van der Waals surface area contributed by atoms with Crippen molar-refractivity contribution in [3.63, 3.8) is 0 Å². The van der Waals surface area contributed by atoms with Gasteiger partial charge in [-0.15, -0.1) is 0 Å². The summed E-state index contributed by atoms with van der Waals surface area (Å²) in [7, 11) is -3.68. The molecule has 0 unspecified atom stereocenters. The Bertz CT molecular complexity index is 787. The van der Waals surface area contributed by atoms with Crippen molar-refractivity contribution in [3.8, 4) is 0 Å². The number of hydrogen-bond donors (Lipinski definition) is 2. The van der Waals surface area contributed by atoms with Gasteiger partial charge < -0.3 is 10.4 Å². The van der Waals surface area contributed by atoms with E-state index >= 15 is 0 Å². The molecular formula is C18H24N2O5S. The Morgan fingerprint density at radius 1 is 1.19 bits per heavy atom. The van der Waals surface area contributed by atoms with Crippen LogP contribution in [0.2, 0.25) is 0 Å². The van der Waals surface area contributed by atoms with Crippen LogP contribution in [0.5, 0.6) is 0 Å². The highest BCUT2D eigenvalue weighted by molar-refractivity contribution is 7.89. The third kappa shape index (κ3) is 4.92. The molecule has 0 atom stereocenters. The van der Waals surface area contributed by atoms with Crippen LogP contribution in [0, 0.1) is 5.92 Å². The molecule has 0 aromatic heterocycles. The minimum absolute atomic E-state index is 0.0377. The molecule has 1 heterocycles. The maximum Gasteiger partial charge on any atom is 0.335 e. The Kier molecular flexibility index (Phi) is 6.55. The van der Waals surface area contributed by atoms with E-state index in [0.29, 0.717) is 19.4 Å². The first-order valence-corrected chi connectivity index (χ1v) is 9.90. The lowest BCUT2D eigenvalue weighted by Gasteiger charge is -2.30. The van der Waals surface area contributed by atoms with E-state index in [1.807, 2.05) is 19.9 Å². The molecule has 1 saturated heterocycles. The van der Waals surface area contributed by atoms with Gasteiger partial charge in [0.2, 0.25) is 15.9 Å². The number of piperidine rings is 1. The van der Waals surface area contributed by atoms with Gasteiger partial charge in [-0.05, 0) is 51.0 Å². The monoisotopic (exact) mass is 380 g/mol. The van der Waals surface area contributed by atoms with E-state index in [1.54, 1.807) is 0 Å². The smallest absolute Gasteiger partial charge is 0.335 e. The second-order valence-electron chi connectivity index (χ2n) is 6.53. The fourth-order valence-electron chi connectivity index (χ4n) is 2.78. The molecule has 1 amide bonds. The first kappa shape index (κ1) is 20.1. The molecule has 1 fully saturated rings. The Labute approximate surface area is 153 Å². The number of benzene rings is 1. The molecule has 0 saturated carbocycles. The number of carbonyl (C=O) groups is 2. The number of hydrogen-bond acceptors (Lipinski definition) is 4. The van der Waals surface area contributed by atoms with Crippen LogP contribution >= 0.6 is 0 Å². The topological polar surface area (TPSA) is 104 Å². The molecular weight excluding hydrogens is 356 g/mol. The van der Waals surface area contributed by atoms with Crippen LogP contribution in [0.3, 0.4) is 0 Å². The number of rotatable bonds is 6. The summed E-state index contributed by atoms with van der Waals surface area (Å²) in [5, 5.41) is 11.7. The number of aromatic carboxylic acids is 1. The minimum Gasteiger partial charge on any atom is -0.478 e. The van der Waals surface area contributed by atoms with Crippen LogP contribution in [0.1, 0.15) is 37.0 Å². The zero-order chi connectivity index (χ0) is 19.3. The molecule has 1 aromatic carbocycles. The van der Waals surface area contributed by atoms with Gasteiger partial charge in [0.05, 0.1) is 10.5 Å². The zero-order valence-corrected chi connectivity index (χ0v) is 15.8. The van der Waals surface area contributed by atoms with Crippen LogP contribution in [0.4, 0.5) is 0 Å². The Balaban J connectivity index is 1.96. The van der Waals surface area contributed by atoms with Gasteiger partial charge in [0.25, 0.3) is 0 Å². The number of nitrogens with one attached hydrogen (secondary N) is 1. The summed E-state index contributed by atoms with van der Waals surface area (Å²) in [5.74, 6) is -1.35. The predicted molar refractivity (Wildman–Crippen MR) is 97.3 cm³/mol. The molecule has 8 heteroatoms. The number of amides is 1. The molecule has 7 nitrogen and oxygen atoms in total. The molecule has 1 aliphatic rings. The predicted octanol–water partition coefficient (Wildman–Crippen LogP) is 1.87. The minimum atomic E-state index is -3.68. The largest absolute Gasteiger partial charge is 0.478 e. The molecule has 0 spiro atoms. The van der Waals surface area contributed by atoms with E-state index in [-0.39, 0.29) is 35.4 Å². The van der Waals surface area contributed by atoms with E-state index in [9.17, 15) is 18.0 Å². The lowest BCUT2D eigenvalue weighted by Crippen LogP contribution is -2.43. The summed E-state index contributed by atoms with van der Waals surface area (Å²) >= 11 is 0. The van der Waals surface area contributed by atoms with Crippen LogP contribution in [0.15, 0.2) is 40.8 Å². The fraction of sp³-hybridized carbons (Fsp3) is 0.444. The van der Waals surface area contributed by atoms with Gasteiger partial charge in [-0.2, -0.15) is 4.31 Å². The second-order valence-corrected chi connectivity index (χ2v) is 8.47. The molecule has 0 bridgehead atoms. The van der Waals surface area contributed by atoms with Crippen molar-refractivity contribution < 1.29 is 23.1 Å². The number of carboxylic acids is 1. The molecule has 0 aliphatic carbocycles. The Hall–Kier alpha value is -2.19. The van der Waals surface area contributed by atoms with E-state index in [4.69, 9.17) is 5.11 Å². The highest BCUT2D eigenvalue weighted by Gasteiger charge is 2.32. The van der Waals surface area contributed by atoms with Crippen LogP contribution in [0.25, 0.3) is 0 Å². The van der Waals surface area contributed by atoms with Crippen LogP contribution < -0.4 is 5.32 Å². The molecule has 142 valence electrons. The van der Waals surface area contributed by atoms with Crippen molar-refractivity contribution in [2.75, 3.05) is 19.6 Å². The summed E-state index contributed by atoms with van der Waals surface area (Å²) in [4.78, 5) is 23.1. The van der Waals surface area contributed by atoms with Crippen LogP contribution in [-0.2, 0) is 14.8 Å². The van der Waals surface area contributed by atoms with Crippen molar-refractivity contribution in [2.24, 2.45) is 5.92 Å². The normalized spacial score (nSPS) is 16.1. The fourth-order valence-corrected chi connectivity index (χ4v) is 4.25. The molecule has 1 aliphatic heterocycles. The van der Waals surface area contributed by atoms with E-state index < -0.39 is 16.0 Å². The second kappa shape index (κ2) is 8.46. The molecule has 26 heavy (non-hydrogen) atoms. The van der Waals surface area contributed by atoms with Gasteiger partial charge in [-0.1, -0.05) is 11.6 Å². The molecule has 0 radical (unpaired) electrons. The number of allylic oxidation sites excluding steroid dienone is 1. The quantitative estimate of drug-likeness (QED) is 0.733. The van der Waals surface area contributed by atoms with Crippen molar-refractivity contribution in [1.29, 1.82) is 0 Å². The third-order valence-electron chi connectivity index (χ3n) is 4.35. The summed E-state index contributed by atoms with van der Waals surface area (Å²) in [6.45, 7) is 4.93. The third-order valence-corrected chi connectivity index (χ3v) is 6.26. The average molecular weight is 380 g/mol. The highest BCUT2D eigenvalue weighted by atomic mass is 32.2. The zero-order valence-electron chi connectivity index (χ0n) is 14.9. The number of carbonyl (C=O) groups excluding carboxylic acids is 1. The lowest BCUT2D eigenvalue weighted by atomic mass is 9.97. The van der Waals surface area contributed by atoms with Gasteiger partial charge in [0, 0.05) is 25.6 Å².